The van der Waals surface area contributed by atoms with Gasteiger partial charge >= 0.3 is 0 Å². The molecule has 0 amide bonds. The number of rotatable bonds is 6. The second kappa shape index (κ2) is 9.73. The Balaban J connectivity index is 0.00000256. The van der Waals surface area contributed by atoms with Gasteiger partial charge in [-0.3, -0.25) is 5.41 Å². The van der Waals surface area contributed by atoms with Crippen LogP contribution in [0.5, 0.6) is 5.75 Å². The lowest BCUT2D eigenvalue weighted by Gasteiger charge is -2.08. The van der Waals surface area contributed by atoms with Crippen molar-refractivity contribution in [2.75, 3.05) is 6.61 Å². The van der Waals surface area contributed by atoms with Crippen molar-refractivity contribution in [1.82, 2.24) is 9.13 Å². The molecule has 1 N–H and O–H groups in total. The summed E-state index contributed by atoms with van der Waals surface area (Å²) in [6, 6.07) is 21.6. The average Bonchev–Trinajstić information content (AvgIpc) is 2.98. The topological polar surface area (TPSA) is 42.9 Å². The summed E-state index contributed by atoms with van der Waals surface area (Å²) in [5.74, 6) is 0.835. The number of hydrogen-bond acceptors (Lipinski definition) is 2. The summed E-state index contributed by atoms with van der Waals surface area (Å²) >= 11 is 12.2. The summed E-state index contributed by atoms with van der Waals surface area (Å²) in [7, 11) is 0. The molecule has 4 aromatic rings. The van der Waals surface area contributed by atoms with Crippen molar-refractivity contribution in [3.63, 3.8) is 0 Å². The van der Waals surface area contributed by atoms with Gasteiger partial charge < -0.3 is 13.9 Å². The zero-order valence-corrected chi connectivity index (χ0v) is 19.7. The summed E-state index contributed by atoms with van der Waals surface area (Å²) in [6.45, 7) is 3.67. The maximum absolute atomic E-state index is 8.74. The quantitative estimate of drug-likeness (QED) is 0.330. The van der Waals surface area contributed by atoms with Crippen LogP contribution in [0, 0.1) is 12.3 Å². The smallest absolute Gasteiger partial charge is 0.203 e. The molecule has 0 radical (unpaired) electrons. The Hall–Kier alpha value is -2.21. The van der Waals surface area contributed by atoms with Crippen LogP contribution in [-0.2, 0) is 13.1 Å². The van der Waals surface area contributed by atoms with Gasteiger partial charge in [0, 0.05) is 0 Å². The third-order valence-electron chi connectivity index (χ3n) is 4.90. The molecule has 30 heavy (non-hydrogen) atoms. The second-order valence-electron chi connectivity index (χ2n) is 6.96. The molecular weight excluding hydrogens is 485 g/mol. The molecule has 0 aliphatic carbocycles. The van der Waals surface area contributed by atoms with Gasteiger partial charge in [-0.2, -0.15) is 0 Å². The van der Waals surface area contributed by atoms with Gasteiger partial charge in [0.2, 0.25) is 5.62 Å². The number of nitrogens with zero attached hydrogens (tertiary/aromatic N) is 2. The number of fused-ring (bicyclic) bond motifs is 1. The van der Waals surface area contributed by atoms with Gasteiger partial charge in [0.05, 0.1) is 34.2 Å². The lowest BCUT2D eigenvalue weighted by molar-refractivity contribution is 0.296. The van der Waals surface area contributed by atoms with E-state index >= 15 is 0 Å². The Labute approximate surface area is 195 Å². The van der Waals surface area contributed by atoms with Crippen LogP contribution in [0.1, 0.15) is 11.1 Å². The van der Waals surface area contributed by atoms with Gasteiger partial charge in [-0.25, -0.2) is 0 Å². The fraction of sp³-hybridized carbons (Fsp3) is 0.174. The summed E-state index contributed by atoms with van der Waals surface area (Å²) < 4.78 is 9.83. The Morgan fingerprint density at radius 3 is 2.20 bits per heavy atom. The highest BCUT2D eigenvalue weighted by molar-refractivity contribution is 8.93. The number of imidazole rings is 1. The summed E-state index contributed by atoms with van der Waals surface area (Å²) in [4.78, 5) is 0. The third kappa shape index (κ3) is 4.75. The van der Waals surface area contributed by atoms with Crippen molar-refractivity contribution >= 4 is 51.2 Å². The predicted molar refractivity (Wildman–Crippen MR) is 128 cm³/mol. The van der Waals surface area contributed by atoms with Crippen LogP contribution in [0.15, 0.2) is 66.7 Å². The van der Waals surface area contributed by atoms with Crippen molar-refractivity contribution in [3.8, 4) is 5.75 Å². The minimum Gasteiger partial charge on any atom is -0.492 e. The lowest BCUT2D eigenvalue weighted by Crippen LogP contribution is -2.27. The number of aromatic nitrogens is 2. The number of hydrogen-bond donors (Lipinski definition) is 1. The molecule has 0 spiro atoms. The van der Waals surface area contributed by atoms with Gasteiger partial charge in [0.15, 0.2) is 0 Å². The molecule has 0 atom stereocenters. The third-order valence-corrected chi connectivity index (χ3v) is 5.64. The normalized spacial score (nSPS) is 10.8. The number of halogens is 3. The van der Waals surface area contributed by atoms with Gasteiger partial charge in [-0.05, 0) is 48.9 Å². The van der Waals surface area contributed by atoms with Gasteiger partial charge in [-0.1, -0.05) is 59.1 Å². The largest absolute Gasteiger partial charge is 0.492 e. The number of nitrogens with one attached hydrogen (secondary N) is 1. The van der Waals surface area contributed by atoms with E-state index < -0.39 is 0 Å². The Bertz CT molecular complexity index is 1220. The van der Waals surface area contributed by atoms with Crippen molar-refractivity contribution < 1.29 is 4.74 Å². The van der Waals surface area contributed by atoms with Crippen molar-refractivity contribution in [2.24, 2.45) is 0 Å². The lowest BCUT2D eigenvalue weighted by atomic mass is 10.2. The fourth-order valence-corrected chi connectivity index (χ4v) is 3.71. The van der Waals surface area contributed by atoms with Crippen LogP contribution in [0.4, 0.5) is 0 Å². The highest BCUT2D eigenvalue weighted by Gasteiger charge is 2.11. The minimum atomic E-state index is 0. The van der Waals surface area contributed by atoms with E-state index in [1.54, 1.807) is 6.07 Å². The second-order valence-corrected chi connectivity index (χ2v) is 7.77. The first-order chi connectivity index (χ1) is 14.0. The molecule has 0 bridgehead atoms. The fourth-order valence-electron chi connectivity index (χ4n) is 3.39. The SMILES string of the molecule is Br.Cc1ccc(OCCn2c(=N)n(Cc3ccc(Cl)c(Cl)c3)c3ccccc32)cc1. The zero-order chi connectivity index (χ0) is 20.4. The molecular formula is C23H22BrCl2N3O. The van der Waals surface area contributed by atoms with E-state index in [4.69, 9.17) is 33.3 Å². The first-order valence-corrected chi connectivity index (χ1v) is 10.1. The first-order valence-electron chi connectivity index (χ1n) is 9.39. The number of ether oxygens (including phenoxy) is 1. The molecule has 0 fully saturated rings. The molecule has 4 nitrogen and oxygen atoms in total. The maximum Gasteiger partial charge on any atom is 0.203 e. The van der Waals surface area contributed by atoms with Crippen LogP contribution in [0.3, 0.4) is 0 Å². The zero-order valence-electron chi connectivity index (χ0n) is 16.4. The highest BCUT2D eigenvalue weighted by Crippen LogP contribution is 2.23. The molecule has 1 heterocycles. The molecule has 0 unspecified atom stereocenters. The predicted octanol–water partition coefficient (Wildman–Crippen LogP) is 6.24. The van der Waals surface area contributed by atoms with Crippen LogP contribution < -0.4 is 10.4 Å². The Morgan fingerprint density at radius 1 is 0.867 bits per heavy atom. The van der Waals surface area contributed by atoms with Gasteiger partial charge in [-0.15, -0.1) is 17.0 Å². The molecule has 1 aromatic heterocycles. The Morgan fingerprint density at radius 2 is 1.53 bits per heavy atom. The summed E-state index contributed by atoms with van der Waals surface area (Å²) in [5.41, 5.74) is 4.62. The van der Waals surface area contributed by atoms with E-state index in [0.717, 1.165) is 22.3 Å². The maximum atomic E-state index is 8.74. The molecule has 0 saturated heterocycles. The van der Waals surface area contributed by atoms with E-state index in [0.29, 0.717) is 35.4 Å². The molecule has 0 aliphatic rings. The summed E-state index contributed by atoms with van der Waals surface area (Å²) in [5, 5.41) is 9.79. The van der Waals surface area contributed by atoms with E-state index in [1.165, 1.54) is 5.56 Å². The van der Waals surface area contributed by atoms with Crippen molar-refractivity contribution in [3.05, 3.63) is 93.5 Å². The molecule has 4 rings (SSSR count). The van der Waals surface area contributed by atoms with Crippen LogP contribution in [0.2, 0.25) is 10.0 Å². The highest BCUT2D eigenvalue weighted by atomic mass is 79.9. The molecule has 3 aromatic carbocycles. The van der Waals surface area contributed by atoms with Crippen molar-refractivity contribution in [1.29, 1.82) is 5.41 Å². The van der Waals surface area contributed by atoms with Crippen LogP contribution in [0.25, 0.3) is 11.0 Å². The van der Waals surface area contributed by atoms with Crippen molar-refractivity contribution in [2.45, 2.75) is 20.0 Å². The van der Waals surface area contributed by atoms with Gasteiger partial charge in [0.25, 0.3) is 0 Å². The number of benzene rings is 3. The van der Waals surface area contributed by atoms with E-state index in [9.17, 15) is 0 Å². The number of aryl methyl sites for hydroxylation is 1. The van der Waals surface area contributed by atoms with Gasteiger partial charge in [0.1, 0.15) is 12.4 Å². The molecule has 7 heteroatoms. The molecule has 0 saturated carbocycles. The molecule has 0 aliphatic heterocycles. The Kier molecular flexibility index (Phi) is 7.29. The van der Waals surface area contributed by atoms with E-state index in [-0.39, 0.29) is 17.0 Å². The minimum absolute atomic E-state index is 0. The molecule has 156 valence electrons. The first kappa shape index (κ1) is 22.5. The van der Waals surface area contributed by atoms with Crippen LogP contribution >= 0.6 is 40.2 Å². The monoisotopic (exact) mass is 505 g/mol. The van der Waals surface area contributed by atoms with Crippen LogP contribution in [-0.4, -0.2) is 15.7 Å². The van der Waals surface area contributed by atoms with E-state index in [1.807, 2.05) is 69.8 Å². The average molecular weight is 507 g/mol. The summed E-state index contributed by atoms with van der Waals surface area (Å²) in [6.07, 6.45) is 0. The standard InChI is InChI=1S/C23H21Cl2N3O.BrH/c1-16-6-9-18(10-7-16)29-13-12-27-21-4-2-3-5-22(21)28(23(27)26)15-17-8-11-19(24)20(25)14-17;/h2-11,14,26H,12-13,15H2,1H3;1H. The van der Waals surface area contributed by atoms with E-state index in [2.05, 4.69) is 6.92 Å². The number of para-hydroxylation sites is 2.